The number of nitrogens with zero attached hydrogens (tertiary/aromatic N) is 3. The van der Waals surface area contributed by atoms with E-state index < -0.39 is 9.84 Å². The lowest BCUT2D eigenvalue weighted by Crippen LogP contribution is -2.53. The van der Waals surface area contributed by atoms with Gasteiger partial charge in [-0.15, -0.1) is 0 Å². The summed E-state index contributed by atoms with van der Waals surface area (Å²) in [4.78, 5) is 31.9. The van der Waals surface area contributed by atoms with Crippen molar-refractivity contribution in [1.29, 1.82) is 0 Å². The molecule has 3 heterocycles. The Labute approximate surface area is 197 Å². The van der Waals surface area contributed by atoms with E-state index in [4.69, 9.17) is 0 Å². The number of carbonyl (C=O) groups is 2. The first-order chi connectivity index (χ1) is 15.7. The number of aryl methyl sites for hydroxylation is 2. The Hall–Kier alpha value is -1.97. The average molecular weight is 477 g/mol. The van der Waals surface area contributed by atoms with Gasteiger partial charge in [0.05, 0.1) is 18.1 Å². The summed E-state index contributed by atoms with van der Waals surface area (Å²) in [5, 5.41) is 3.04. The molecule has 0 spiro atoms. The van der Waals surface area contributed by atoms with Crippen LogP contribution in [0.1, 0.15) is 30.4 Å². The number of sulfone groups is 1. The van der Waals surface area contributed by atoms with Gasteiger partial charge in [-0.1, -0.05) is 18.2 Å². The van der Waals surface area contributed by atoms with E-state index in [0.717, 1.165) is 49.2 Å². The fraction of sp³-hybridized carbons (Fsp3) is 0.667. The summed E-state index contributed by atoms with van der Waals surface area (Å²) in [6.45, 7) is 8.62. The third kappa shape index (κ3) is 5.94. The SMILES string of the molecule is Cc1cccc(C)c1NC(=O)CN1CCN(C(=O)C2CCN([C@@H]3CCS(=O)(=O)C3)CC2)CC1. The molecule has 1 N–H and O–H groups in total. The molecule has 33 heavy (non-hydrogen) atoms. The Bertz CT molecular complexity index is 960. The topological polar surface area (TPSA) is 90.0 Å². The molecule has 3 fully saturated rings. The van der Waals surface area contributed by atoms with Gasteiger partial charge in [-0.05, 0) is 57.3 Å². The van der Waals surface area contributed by atoms with Gasteiger partial charge in [0.25, 0.3) is 0 Å². The van der Waals surface area contributed by atoms with Crippen molar-refractivity contribution in [3.05, 3.63) is 29.3 Å². The number of benzene rings is 1. The van der Waals surface area contributed by atoms with E-state index in [1.807, 2.05) is 36.9 Å². The first-order valence-electron chi connectivity index (χ1n) is 12.0. The number of likely N-dealkylation sites (tertiary alicyclic amines) is 1. The molecule has 4 rings (SSSR count). The van der Waals surface area contributed by atoms with Gasteiger partial charge in [0.15, 0.2) is 9.84 Å². The molecule has 0 radical (unpaired) electrons. The Morgan fingerprint density at radius 1 is 0.970 bits per heavy atom. The number of carbonyl (C=O) groups excluding carboxylic acids is 2. The highest BCUT2D eigenvalue weighted by atomic mass is 32.2. The van der Waals surface area contributed by atoms with Crippen molar-refractivity contribution >= 4 is 27.3 Å². The molecular formula is C24H36N4O4S. The van der Waals surface area contributed by atoms with Gasteiger partial charge in [-0.25, -0.2) is 8.42 Å². The number of hydrogen-bond donors (Lipinski definition) is 1. The minimum Gasteiger partial charge on any atom is -0.340 e. The molecule has 0 bridgehead atoms. The molecule has 9 heteroatoms. The molecule has 0 aliphatic carbocycles. The van der Waals surface area contributed by atoms with Crippen molar-refractivity contribution in [2.45, 2.75) is 39.2 Å². The van der Waals surface area contributed by atoms with E-state index in [2.05, 4.69) is 15.1 Å². The van der Waals surface area contributed by atoms with Gasteiger partial charge < -0.3 is 10.2 Å². The Morgan fingerprint density at radius 3 is 2.18 bits per heavy atom. The van der Waals surface area contributed by atoms with Gasteiger partial charge in [-0.2, -0.15) is 0 Å². The second-order valence-electron chi connectivity index (χ2n) is 9.78. The molecule has 182 valence electrons. The number of rotatable bonds is 5. The van der Waals surface area contributed by atoms with Crippen LogP contribution in [0.5, 0.6) is 0 Å². The van der Waals surface area contributed by atoms with Crippen molar-refractivity contribution in [3.63, 3.8) is 0 Å². The summed E-state index contributed by atoms with van der Waals surface area (Å²) >= 11 is 0. The van der Waals surface area contributed by atoms with Gasteiger partial charge in [0.2, 0.25) is 11.8 Å². The van der Waals surface area contributed by atoms with E-state index in [0.29, 0.717) is 38.5 Å². The zero-order chi connectivity index (χ0) is 23.6. The Kier molecular flexibility index (Phi) is 7.40. The van der Waals surface area contributed by atoms with Gasteiger partial charge in [0, 0.05) is 43.8 Å². The predicted octanol–water partition coefficient (Wildman–Crippen LogP) is 1.29. The van der Waals surface area contributed by atoms with E-state index in [9.17, 15) is 18.0 Å². The molecule has 0 aromatic heterocycles. The quantitative estimate of drug-likeness (QED) is 0.689. The molecule has 1 atom stereocenters. The summed E-state index contributed by atoms with van der Waals surface area (Å²) in [7, 11) is -2.88. The third-order valence-corrected chi connectivity index (χ3v) is 9.15. The highest BCUT2D eigenvalue weighted by Gasteiger charge is 2.36. The Morgan fingerprint density at radius 2 is 1.61 bits per heavy atom. The summed E-state index contributed by atoms with van der Waals surface area (Å²) < 4.78 is 23.5. The molecule has 3 aliphatic rings. The maximum absolute atomic E-state index is 13.0. The van der Waals surface area contributed by atoms with Gasteiger partial charge in [0.1, 0.15) is 0 Å². The smallest absolute Gasteiger partial charge is 0.238 e. The molecule has 0 unspecified atom stereocenters. The predicted molar refractivity (Wildman–Crippen MR) is 129 cm³/mol. The van der Waals surface area contributed by atoms with Gasteiger partial charge in [-0.3, -0.25) is 19.4 Å². The van der Waals surface area contributed by atoms with E-state index >= 15 is 0 Å². The van der Waals surface area contributed by atoms with E-state index in [1.165, 1.54) is 0 Å². The van der Waals surface area contributed by atoms with Gasteiger partial charge >= 0.3 is 0 Å². The minimum absolute atomic E-state index is 0.0199. The van der Waals surface area contributed by atoms with Crippen LogP contribution in [-0.4, -0.2) is 98.3 Å². The standard InChI is InChI=1S/C24H36N4O4S/c1-18-4-3-5-19(2)23(18)25-22(29)16-26-11-13-28(14-12-26)24(30)20-6-9-27(10-7-20)21-8-15-33(31,32)17-21/h3-5,20-21H,6-17H2,1-2H3,(H,25,29)/t21-/m1/s1. The summed E-state index contributed by atoms with van der Waals surface area (Å²) in [5.74, 6) is 0.786. The zero-order valence-corrected chi connectivity index (χ0v) is 20.6. The van der Waals surface area contributed by atoms with Crippen LogP contribution in [-0.2, 0) is 19.4 Å². The molecule has 2 amide bonds. The molecule has 1 aromatic rings. The number of anilines is 1. The van der Waals surface area contributed by atoms with Crippen LogP contribution in [0.2, 0.25) is 0 Å². The lowest BCUT2D eigenvalue weighted by atomic mass is 9.94. The van der Waals surface area contributed by atoms with E-state index in [1.54, 1.807) is 0 Å². The van der Waals surface area contributed by atoms with Crippen molar-refractivity contribution in [1.82, 2.24) is 14.7 Å². The molecule has 0 saturated carbocycles. The third-order valence-electron chi connectivity index (χ3n) is 7.40. The Balaban J connectivity index is 1.20. The van der Waals surface area contributed by atoms with Crippen LogP contribution in [0.15, 0.2) is 18.2 Å². The maximum Gasteiger partial charge on any atom is 0.238 e. The number of piperazine rings is 1. The maximum atomic E-state index is 13.0. The molecule has 3 saturated heterocycles. The van der Waals surface area contributed by atoms with Crippen LogP contribution in [0.25, 0.3) is 0 Å². The lowest BCUT2D eigenvalue weighted by Gasteiger charge is -2.39. The first-order valence-corrected chi connectivity index (χ1v) is 13.9. The monoisotopic (exact) mass is 476 g/mol. The molecule has 8 nitrogen and oxygen atoms in total. The zero-order valence-electron chi connectivity index (χ0n) is 19.8. The van der Waals surface area contributed by atoms with E-state index in [-0.39, 0.29) is 29.5 Å². The molecule has 3 aliphatic heterocycles. The van der Waals surface area contributed by atoms with Crippen LogP contribution in [0.4, 0.5) is 5.69 Å². The number of para-hydroxylation sites is 1. The normalized spacial score (nSPS) is 24.7. The summed E-state index contributed by atoms with van der Waals surface area (Å²) in [5.41, 5.74) is 3.00. The van der Waals surface area contributed by atoms with Crippen LogP contribution in [0.3, 0.4) is 0 Å². The fourth-order valence-corrected chi connectivity index (χ4v) is 7.11. The lowest BCUT2D eigenvalue weighted by molar-refractivity contribution is -0.139. The number of piperidine rings is 1. The fourth-order valence-electron chi connectivity index (χ4n) is 5.35. The minimum atomic E-state index is -2.88. The van der Waals surface area contributed by atoms with Crippen LogP contribution in [0, 0.1) is 19.8 Å². The van der Waals surface area contributed by atoms with Crippen LogP contribution < -0.4 is 5.32 Å². The largest absolute Gasteiger partial charge is 0.340 e. The molecule has 1 aromatic carbocycles. The first kappa shape index (κ1) is 24.2. The number of nitrogens with one attached hydrogen (secondary N) is 1. The van der Waals surface area contributed by atoms with Crippen molar-refractivity contribution < 1.29 is 18.0 Å². The van der Waals surface area contributed by atoms with Crippen molar-refractivity contribution in [3.8, 4) is 0 Å². The highest BCUT2D eigenvalue weighted by Crippen LogP contribution is 2.26. The summed E-state index contributed by atoms with van der Waals surface area (Å²) in [6.07, 6.45) is 2.32. The van der Waals surface area contributed by atoms with Crippen molar-refractivity contribution in [2.24, 2.45) is 5.92 Å². The highest BCUT2D eigenvalue weighted by molar-refractivity contribution is 7.91. The number of amides is 2. The van der Waals surface area contributed by atoms with Crippen molar-refractivity contribution in [2.75, 3.05) is 62.6 Å². The average Bonchev–Trinajstić information content (AvgIpc) is 3.16. The summed E-state index contributed by atoms with van der Waals surface area (Å²) in [6, 6.07) is 6.10. The number of hydrogen-bond acceptors (Lipinski definition) is 6. The second kappa shape index (κ2) is 10.1. The van der Waals surface area contributed by atoms with Crippen LogP contribution >= 0.6 is 0 Å². The molecular weight excluding hydrogens is 440 g/mol. The second-order valence-corrected chi connectivity index (χ2v) is 12.0.